The molecule has 0 radical (unpaired) electrons. The highest BCUT2D eigenvalue weighted by atomic mass is 16.2. The average Bonchev–Trinajstić information content (AvgIpc) is 3.72. The summed E-state index contributed by atoms with van der Waals surface area (Å²) in [6.07, 6.45) is 4.96. The summed E-state index contributed by atoms with van der Waals surface area (Å²) in [5.74, 6) is -3.44. The van der Waals surface area contributed by atoms with Crippen molar-refractivity contribution in [2.24, 2.45) is 22.2 Å². The van der Waals surface area contributed by atoms with Crippen LogP contribution < -0.4 is 43.8 Å². The van der Waals surface area contributed by atoms with Crippen LogP contribution in [0.15, 0.2) is 120 Å². The number of aromatic nitrogens is 1. The average molecular weight is 897 g/mol. The van der Waals surface area contributed by atoms with Crippen molar-refractivity contribution < 1.29 is 28.8 Å². The van der Waals surface area contributed by atoms with Crippen molar-refractivity contribution in [1.82, 2.24) is 26.3 Å². The smallest absolute Gasteiger partial charge is 0.250 e. The SMILES string of the molecule is CCCC(=O)NC1(C(=O)N[C@H](Cc2ccccc2)C(=O)N[C@@H](CCCN=C(N)N)C(=O)N[C@@H](Cc2c[nH]c3ccccc23)C(=O)Nc2ccccc2C(N)=O)CCC(c2ccccc2)CC1. The van der Waals surface area contributed by atoms with Crippen molar-refractivity contribution >= 4 is 58.0 Å². The molecule has 0 spiro atoms. The van der Waals surface area contributed by atoms with E-state index in [2.05, 4.69) is 48.7 Å². The number of para-hydroxylation sites is 2. The van der Waals surface area contributed by atoms with E-state index in [0.717, 1.165) is 27.6 Å². The summed E-state index contributed by atoms with van der Waals surface area (Å²) in [7, 11) is 0. The van der Waals surface area contributed by atoms with Gasteiger partial charge in [-0.3, -0.25) is 33.8 Å². The number of amides is 6. The molecule has 12 N–H and O–H groups in total. The summed E-state index contributed by atoms with van der Waals surface area (Å²) < 4.78 is 0. The van der Waals surface area contributed by atoms with Gasteiger partial charge in [-0.05, 0) is 85.8 Å². The first-order valence-corrected chi connectivity index (χ1v) is 22.5. The van der Waals surface area contributed by atoms with E-state index in [1.165, 1.54) is 12.1 Å². The Bertz CT molecular complexity index is 2500. The Morgan fingerprint density at radius 2 is 1.35 bits per heavy atom. The van der Waals surface area contributed by atoms with Crippen LogP contribution in [0.3, 0.4) is 0 Å². The van der Waals surface area contributed by atoms with Crippen LogP contribution in [0.25, 0.3) is 10.9 Å². The molecule has 6 amide bonds. The molecule has 4 aromatic carbocycles. The summed E-state index contributed by atoms with van der Waals surface area (Å²) >= 11 is 0. The van der Waals surface area contributed by atoms with Gasteiger partial charge in [-0.2, -0.15) is 0 Å². The van der Waals surface area contributed by atoms with Crippen LogP contribution >= 0.6 is 0 Å². The predicted octanol–water partition coefficient (Wildman–Crippen LogP) is 4.21. The summed E-state index contributed by atoms with van der Waals surface area (Å²) in [4.78, 5) is 90.9. The van der Waals surface area contributed by atoms with Crippen LogP contribution in [0.1, 0.15) is 91.3 Å². The fourth-order valence-corrected chi connectivity index (χ4v) is 8.56. The summed E-state index contributed by atoms with van der Waals surface area (Å²) in [6, 6.07) is 29.4. The Morgan fingerprint density at radius 3 is 2.05 bits per heavy atom. The molecule has 16 heteroatoms. The first-order chi connectivity index (χ1) is 31.9. The number of fused-ring (bicyclic) bond motifs is 1. The van der Waals surface area contributed by atoms with Gasteiger partial charge in [0.2, 0.25) is 29.5 Å². The van der Waals surface area contributed by atoms with Crippen molar-refractivity contribution in [3.63, 3.8) is 0 Å². The predicted molar refractivity (Wildman–Crippen MR) is 255 cm³/mol. The highest BCUT2D eigenvalue weighted by Crippen LogP contribution is 2.38. The number of guanidine groups is 1. The molecule has 1 aromatic heterocycles. The molecule has 0 saturated heterocycles. The number of primary amides is 1. The highest BCUT2D eigenvalue weighted by Gasteiger charge is 2.44. The fourth-order valence-electron chi connectivity index (χ4n) is 8.56. The molecule has 0 unspecified atom stereocenters. The van der Waals surface area contributed by atoms with Crippen LogP contribution in [-0.4, -0.2) is 76.6 Å². The Balaban J connectivity index is 1.28. The first-order valence-electron chi connectivity index (χ1n) is 22.5. The van der Waals surface area contributed by atoms with E-state index < -0.39 is 53.2 Å². The molecule has 1 aliphatic rings. The van der Waals surface area contributed by atoms with E-state index >= 15 is 0 Å². The second kappa shape index (κ2) is 22.9. The Kier molecular flexibility index (Phi) is 16.7. The van der Waals surface area contributed by atoms with Gasteiger partial charge in [-0.25, -0.2) is 0 Å². The molecule has 0 bridgehead atoms. The number of benzene rings is 4. The number of H-pyrrole nitrogens is 1. The lowest BCUT2D eigenvalue weighted by atomic mass is 9.73. The Hall–Kier alpha value is -7.49. The third kappa shape index (κ3) is 12.8. The summed E-state index contributed by atoms with van der Waals surface area (Å²) in [6.45, 7) is 2.03. The molecule has 1 aliphatic carbocycles. The maximum atomic E-state index is 14.7. The molecule has 1 saturated carbocycles. The number of hydrogen-bond donors (Lipinski definition) is 9. The molecule has 1 heterocycles. The molecule has 1 fully saturated rings. The van der Waals surface area contributed by atoms with E-state index in [1.807, 2.05) is 79.7 Å². The topological polar surface area (TPSA) is 269 Å². The number of aromatic amines is 1. The van der Waals surface area contributed by atoms with Gasteiger partial charge in [-0.15, -0.1) is 0 Å². The maximum Gasteiger partial charge on any atom is 0.250 e. The lowest BCUT2D eigenvalue weighted by molar-refractivity contribution is -0.138. The van der Waals surface area contributed by atoms with Gasteiger partial charge < -0.3 is 48.8 Å². The van der Waals surface area contributed by atoms with Crippen molar-refractivity contribution in [3.8, 4) is 0 Å². The number of hydrogen-bond acceptors (Lipinski definition) is 7. The van der Waals surface area contributed by atoms with Gasteiger partial charge in [0.1, 0.15) is 23.7 Å². The minimum atomic E-state index is -1.28. The molecule has 16 nitrogen and oxygen atoms in total. The number of nitrogens with two attached hydrogens (primary N) is 3. The molecule has 3 atom stereocenters. The third-order valence-electron chi connectivity index (χ3n) is 12.1. The third-order valence-corrected chi connectivity index (χ3v) is 12.1. The van der Waals surface area contributed by atoms with E-state index in [-0.39, 0.29) is 67.7 Å². The van der Waals surface area contributed by atoms with Crippen LogP contribution in [-0.2, 0) is 36.8 Å². The van der Waals surface area contributed by atoms with E-state index in [0.29, 0.717) is 32.1 Å². The summed E-state index contributed by atoms with van der Waals surface area (Å²) in [5.41, 5.74) is 19.2. The van der Waals surface area contributed by atoms with E-state index in [1.54, 1.807) is 18.3 Å². The number of nitrogens with one attached hydrogen (secondary N) is 6. The Labute approximate surface area is 384 Å². The molecule has 5 aromatic rings. The van der Waals surface area contributed by atoms with Gasteiger partial charge >= 0.3 is 0 Å². The minimum Gasteiger partial charge on any atom is -0.370 e. The van der Waals surface area contributed by atoms with Crippen molar-refractivity contribution in [2.45, 2.75) is 101 Å². The lowest BCUT2D eigenvalue weighted by Crippen LogP contribution is -2.64. The van der Waals surface area contributed by atoms with Gasteiger partial charge in [0.05, 0.1) is 11.3 Å². The molecule has 0 aliphatic heterocycles. The normalized spacial score (nSPS) is 17.0. The molecule has 6 rings (SSSR count). The quantitative estimate of drug-likeness (QED) is 0.0292. The zero-order valence-corrected chi connectivity index (χ0v) is 37.2. The molecule has 346 valence electrons. The van der Waals surface area contributed by atoms with Crippen molar-refractivity contribution in [3.05, 3.63) is 138 Å². The van der Waals surface area contributed by atoms with Crippen LogP contribution in [0.5, 0.6) is 0 Å². The highest BCUT2D eigenvalue weighted by molar-refractivity contribution is 6.05. The number of rotatable bonds is 21. The van der Waals surface area contributed by atoms with Crippen molar-refractivity contribution in [1.29, 1.82) is 0 Å². The van der Waals surface area contributed by atoms with Crippen molar-refractivity contribution in [2.75, 3.05) is 11.9 Å². The molecular weight excluding hydrogens is 837 g/mol. The lowest BCUT2D eigenvalue weighted by Gasteiger charge is -2.40. The Morgan fingerprint density at radius 1 is 0.727 bits per heavy atom. The maximum absolute atomic E-state index is 14.7. The van der Waals surface area contributed by atoms with Gasteiger partial charge in [-0.1, -0.05) is 97.9 Å². The number of anilines is 1. The zero-order valence-electron chi connectivity index (χ0n) is 37.2. The first kappa shape index (κ1) is 48.0. The number of carbonyl (C=O) groups is 6. The number of nitrogens with zero attached hydrogens (tertiary/aromatic N) is 1. The number of carbonyl (C=O) groups excluding carboxylic acids is 6. The van der Waals surface area contributed by atoms with E-state index in [9.17, 15) is 28.8 Å². The minimum absolute atomic E-state index is 0.0264. The second-order valence-corrected chi connectivity index (χ2v) is 16.8. The van der Waals surface area contributed by atoms with E-state index in [4.69, 9.17) is 17.2 Å². The van der Waals surface area contributed by atoms with Crippen LogP contribution in [0.4, 0.5) is 5.69 Å². The summed E-state index contributed by atoms with van der Waals surface area (Å²) in [5, 5.41) is 15.4. The number of aliphatic imine (C=N–C) groups is 1. The fraction of sp³-hybridized carbons (Fsp3) is 0.340. The van der Waals surface area contributed by atoms with Gasteiger partial charge in [0.25, 0.3) is 5.91 Å². The molecular formula is C50H60N10O6. The monoisotopic (exact) mass is 896 g/mol. The van der Waals surface area contributed by atoms with Gasteiger partial charge in [0, 0.05) is 42.9 Å². The van der Waals surface area contributed by atoms with Gasteiger partial charge in [0.15, 0.2) is 5.96 Å². The zero-order chi connectivity index (χ0) is 47.1. The molecule has 66 heavy (non-hydrogen) atoms. The van der Waals surface area contributed by atoms with Crippen LogP contribution in [0, 0.1) is 0 Å². The van der Waals surface area contributed by atoms with Crippen LogP contribution in [0.2, 0.25) is 0 Å². The standard InChI is InChI=1S/C50H60N10O6/c1-2-14-43(61)60-50(26-24-34(25-27-50)33-17-7-4-8-18-33)48(66)59-41(29-32-15-5-3-6-16-32)46(64)57-40(23-13-28-54-49(52)53)45(63)58-42(30-35-31-55-38-21-11-9-19-36(35)38)47(65)56-39-22-12-10-20-37(39)44(51)62/h3-12,15-22,31,34,40-42,55H,2,13-14,23-30H2,1H3,(H2,51,62)(H,56,65)(H,57,64)(H,58,63)(H,59,66)(H,60,61)(H4,52,53,54)/t34?,40-,41+,42-,50?/m0/s1. The largest absolute Gasteiger partial charge is 0.370 e. The second-order valence-electron chi connectivity index (χ2n) is 16.8.